The quantitative estimate of drug-likeness (QED) is 0.0233. The second-order valence-electron chi connectivity index (χ2n) is 29.3. The molecule has 118 heavy (non-hydrogen) atoms. The highest BCUT2D eigenvalue weighted by molar-refractivity contribution is 7.98. The number of unbranched alkanes of at least 4 members (excludes halogenated alkanes) is 1. The molecule has 0 bridgehead atoms. The van der Waals surface area contributed by atoms with Crippen LogP contribution in [0.2, 0.25) is 0 Å². The van der Waals surface area contributed by atoms with Gasteiger partial charge in [0.05, 0.1) is 57.1 Å². The maximum Gasteiger partial charge on any atom is 0.328 e. The summed E-state index contributed by atoms with van der Waals surface area (Å²) >= 11 is 1.28. The van der Waals surface area contributed by atoms with Gasteiger partial charge in [0.15, 0.2) is 0 Å². The Kier molecular flexibility index (Phi) is 41.5. The Bertz CT molecular complexity index is 3910. The van der Waals surface area contributed by atoms with Gasteiger partial charge in [-0.1, -0.05) is 52.3 Å². The number of hydrogen-bond donors (Lipinski definition) is 26. The van der Waals surface area contributed by atoms with Gasteiger partial charge in [-0.2, -0.15) is 11.8 Å². The third-order valence-corrected chi connectivity index (χ3v) is 19.8. The minimum atomic E-state index is -1.96. The van der Waals surface area contributed by atoms with E-state index in [-0.39, 0.29) is 50.8 Å². The first kappa shape index (κ1) is 99.8. The molecule has 1 saturated heterocycles. The van der Waals surface area contributed by atoms with Gasteiger partial charge in [-0.15, -0.1) is 0 Å². The molecular weight excluding hydrogens is 1570 g/mol. The van der Waals surface area contributed by atoms with Crippen molar-refractivity contribution in [2.75, 3.05) is 51.5 Å². The van der Waals surface area contributed by atoms with Crippen LogP contribution in [0.4, 0.5) is 0 Å². The van der Waals surface area contributed by atoms with Crippen LogP contribution in [0.15, 0.2) is 43.0 Å². The molecule has 19 atom stereocenters. The molecule has 0 saturated carbocycles. The Balaban J connectivity index is 1.43. The molecule has 45 heteroatoms. The average Bonchev–Trinajstić information content (AvgIpc) is 1.64. The van der Waals surface area contributed by atoms with Crippen LogP contribution in [0.3, 0.4) is 0 Å². The van der Waals surface area contributed by atoms with E-state index in [4.69, 9.17) is 11.5 Å². The lowest BCUT2D eigenvalue weighted by molar-refractivity contribution is -0.144. The fourth-order valence-corrected chi connectivity index (χ4v) is 12.7. The number of nitrogens with one attached hydrogen (secondary N) is 16. The molecule has 3 heterocycles. The van der Waals surface area contributed by atoms with Crippen molar-refractivity contribution in [2.24, 2.45) is 23.3 Å². The number of amides is 15. The molecule has 0 spiro atoms. The van der Waals surface area contributed by atoms with Crippen molar-refractivity contribution in [3.05, 3.63) is 54.2 Å². The van der Waals surface area contributed by atoms with Crippen molar-refractivity contribution in [3.63, 3.8) is 0 Å². The number of para-hydroxylation sites is 1. The number of carboxylic acids is 1. The first-order valence-electron chi connectivity index (χ1n) is 38.4. The molecule has 1 fully saturated rings. The number of carboxylic acid groups (broad SMARTS) is 1. The highest BCUT2D eigenvalue weighted by Gasteiger charge is 2.43. The third kappa shape index (κ3) is 30.1. The molecule has 15 amide bonds. The predicted molar refractivity (Wildman–Crippen MR) is 422 cm³/mol. The van der Waals surface area contributed by atoms with Gasteiger partial charge in [0.25, 0.3) is 0 Å². The highest BCUT2D eigenvalue weighted by Crippen LogP contribution is 2.22. The number of benzene rings is 1. The lowest BCUT2D eigenvalue weighted by Gasteiger charge is -2.31. The van der Waals surface area contributed by atoms with Crippen molar-refractivity contribution in [3.8, 4) is 0 Å². The number of fused-ring (bicyclic) bond motifs is 1. The number of carbonyl (C=O) groups is 16. The smallest absolute Gasteiger partial charge is 0.328 e. The van der Waals surface area contributed by atoms with Gasteiger partial charge in [-0.3, -0.25) is 71.9 Å². The molecule has 1 aliphatic heterocycles. The van der Waals surface area contributed by atoms with Crippen LogP contribution < -0.4 is 85.9 Å². The number of nitrogens with two attached hydrogens (primary N) is 2. The number of aromatic nitrogens is 3. The van der Waals surface area contributed by atoms with E-state index < -0.39 is 248 Å². The maximum atomic E-state index is 14.4. The molecular formula is C73H116N20O24S. The molecule has 1 aromatic carbocycles. The fraction of sp³-hybridized carbons (Fsp3) is 0.630. The fourth-order valence-electron chi connectivity index (χ4n) is 12.2. The first-order chi connectivity index (χ1) is 55.7. The number of imidazole rings is 1. The van der Waals surface area contributed by atoms with Gasteiger partial charge in [-0.25, -0.2) is 9.78 Å². The number of likely N-dealkylation sites (tertiary alicyclic amines) is 1. The number of aliphatic carboxylic acids is 1. The zero-order valence-corrected chi connectivity index (χ0v) is 68.2. The zero-order chi connectivity index (χ0) is 88.5. The van der Waals surface area contributed by atoms with Crippen LogP contribution in [0.1, 0.15) is 112 Å². The Hall–Kier alpha value is -10.5. The average molecular weight is 1690 g/mol. The Morgan fingerprint density at radius 2 is 0.915 bits per heavy atom. The van der Waals surface area contributed by atoms with E-state index in [9.17, 15) is 118 Å². The van der Waals surface area contributed by atoms with Gasteiger partial charge in [0, 0.05) is 48.4 Å². The summed E-state index contributed by atoms with van der Waals surface area (Å²) in [5.74, 6) is -18.3. The minimum Gasteiger partial charge on any atom is -0.480 e. The van der Waals surface area contributed by atoms with E-state index in [0.29, 0.717) is 41.5 Å². The van der Waals surface area contributed by atoms with E-state index in [1.165, 1.54) is 45.1 Å². The summed E-state index contributed by atoms with van der Waals surface area (Å²) in [4.78, 5) is 230. The topological polar surface area (TPSA) is 703 Å². The summed E-state index contributed by atoms with van der Waals surface area (Å²) in [5.41, 5.74) is 13.1. The number of thioether (sulfide) groups is 1. The van der Waals surface area contributed by atoms with E-state index in [1.807, 2.05) is 0 Å². The number of rotatable bonds is 50. The van der Waals surface area contributed by atoms with Gasteiger partial charge in [-0.05, 0) is 109 Å². The lowest BCUT2D eigenvalue weighted by atomic mass is 10.0. The standard InChI is InChI=1S/C73H116N20O24S/c1-33(2)53(88-60(103)43(75)17-13-14-21-74)67(110)83-47(25-41-27-76-32-78-41)63(106)84-48(28-94)65(108)82-46(24-40-26-77-44-18-12-11-16-42(40)44)62(105)79-35(5)58(101)91-57(39(9)100)71(114)92-55(37(7)98)69(112)80-36(6)59(102)90-56(38(8)99)70(113)89-54(34(3)4)68(111)86-50(30-96)72(115)93-22-15-19-52(93)66(109)85-49(29-95)64(107)81-45(20-23-118-10)61(104)87-51(31-97)73(116)117/h11-12,16,18,26-27,32-39,43,45-57,77,94-100H,13-15,17,19-25,28-31,74-75H2,1-10H3,(H,76,78)(H,79,105)(H,80,112)(H,81,107)(H,82,108)(H,83,110)(H,84,106)(H,85,109)(H,86,111)(H,87,104)(H,88,103)(H,89,113)(H,90,102)(H,91,101)(H,92,114)(H,116,117)/t35-,36-,37+,38+,39+,43-,45-,46-,47-,48-,49-,50-,51-,52-,53-,54-,55-,56-,57-/m0/s1. The van der Waals surface area contributed by atoms with Crippen LogP contribution >= 0.6 is 11.8 Å². The second-order valence-corrected chi connectivity index (χ2v) is 30.3. The van der Waals surface area contributed by atoms with E-state index in [2.05, 4.69) is 89.4 Å². The minimum absolute atomic E-state index is 0.00647. The third-order valence-electron chi connectivity index (χ3n) is 19.1. The molecule has 2 aromatic heterocycles. The summed E-state index contributed by atoms with van der Waals surface area (Å²) in [5, 5.41) is 116. The van der Waals surface area contributed by atoms with Crippen molar-refractivity contribution >= 4 is 117 Å². The Morgan fingerprint density at radius 1 is 0.492 bits per heavy atom. The van der Waals surface area contributed by atoms with E-state index >= 15 is 0 Å². The first-order valence-corrected chi connectivity index (χ1v) is 39.8. The molecule has 1 aliphatic rings. The van der Waals surface area contributed by atoms with Gasteiger partial charge in [0.2, 0.25) is 88.6 Å². The zero-order valence-electron chi connectivity index (χ0n) is 67.3. The number of nitrogens with zero attached hydrogens (tertiary/aromatic N) is 2. The van der Waals surface area contributed by atoms with E-state index in [0.717, 1.165) is 32.6 Å². The number of aromatic amines is 2. The molecule has 44 nitrogen and oxygen atoms in total. The molecule has 0 unspecified atom stereocenters. The molecule has 3 aromatic rings. The van der Waals surface area contributed by atoms with Crippen molar-refractivity contribution in [2.45, 2.75) is 229 Å². The number of aliphatic hydroxyl groups excluding tert-OH is 7. The molecule has 0 aliphatic carbocycles. The summed E-state index contributed by atoms with van der Waals surface area (Å²) in [6.45, 7) is 7.86. The SMILES string of the molecule is CSCC[C@H](NC(=O)[C@H](CO)NC(=O)[C@@H]1CCCN1C(=O)[C@H](CO)NC(=O)[C@@H](NC(=O)[C@@H](NC(=O)[C@H](C)NC(=O)[C@@H](NC(=O)[C@@H](NC(=O)[C@H](C)NC(=O)[C@H](Cc1c[nH]c2ccccc12)NC(=O)[C@H](CO)NC(=O)[C@H](Cc1cnc[nH]1)NC(=O)[C@@H](NC(=O)[C@@H](N)CCCCN)C(C)C)[C@@H](C)O)[C@@H](C)O)[C@@H](C)O)C(C)C)C(=O)N[C@@H](CO)C(=O)O. The van der Waals surface area contributed by atoms with Crippen LogP contribution in [-0.2, 0) is 89.6 Å². The number of hydrogen-bond acceptors (Lipinski definition) is 27. The van der Waals surface area contributed by atoms with Crippen molar-refractivity contribution < 1.29 is 118 Å². The summed E-state index contributed by atoms with van der Waals surface area (Å²) < 4.78 is 0. The highest BCUT2D eigenvalue weighted by atomic mass is 32.2. The number of aliphatic hydroxyl groups is 7. The van der Waals surface area contributed by atoms with Crippen LogP contribution in [-0.4, -0.2) is 322 Å². The second kappa shape index (κ2) is 49.0. The van der Waals surface area contributed by atoms with Gasteiger partial charge < -0.3 is 142 Å². The van der Waals surface area contributed by atoms with Gasteiger partial charge >= 0.3 is 5.97 Å². The Morgan fingerprint density at radius 3 is 1.42 bits per heavy atom. The molecule has 28 N–H and O–H groups in total. The lowest BCUT2D eigenvalue weighted by Crippen LogP contribution is -2.64. The van der Waals surface area contributed by atoms with Crippen LogP contribution in [0.5, 0.6) is 0 Å². The summed E-state index contributed by atoms with van der Waals surface area (Å²) in [6.07, 6.45) is 1.70. The maximum absolute atomic E-state index is 14.4. The van der Waals surface area contributed by atoms with Crippen LogP contribution in [0, 0.1) is 11.8 Å². The summed E-state index contributed by atoms with van der Waals surface area (Å²) in [7, 11) is 0. The molecule has 4 rings (SSSR count). The van der Waals surface area contributed by atoms with Crippen molar-refractivity contribution in [1.82, 2.24) is 94.3 Å². The van der Waals surface area contributed by atoms with E-state index in [1.54, 1.807) is 50.6 Å². The Labute approximate surface area is 684 Å². The number of H-pyrrole nitrogens is 2. The normalized spacial score (nSPS) is 17.3. The van der Waals surface area contributed by atoms with Crippen molar-refractivity contribution in [1.29, 1.82) is 0 Å². The summed E-state index contributed by atoms with van der Waals surface area (Å²) in [6, 6.07) is -18.8. The molecule has 658 valence electrons. The number of carbonyl (C=O) groups excluding carboxylic acids is 15. The van der Waals surface area contributed by atoms with Gasteiger partial charge in [0.1, 0.15) is 90.6 Å². The monoisotopic (exact) mass is 1690 g/mol. The predicted octanol–water partition coefficient (Wildman–Crippen LogP) is -9.79. The largest absolute Gasteiger partial charge is 0.480 e. The molecule has 0 radical (unpaired) electrons. The van der Waals surface area contributed by atoms with Crippen LogP contribution in [0.25, 0.3) is 10.9 Å².